The lowest BCUT2D eigenvalue weighted by Gasteiger charge is -2.34. The van der Waals surface area contributed by atoms with Crippen LogP contribution in [0, 0.1) is 0 Å². The van der Waals surface area contributed by atoms with Crippen LogP contribution in [0.25, 0.3) is 22.5 Å². The molecule has 6 heteroatoms. The van der Waals surface area contributed by atoms with Gasteiger partial charge in [0.1, 0.15) is 5.82 Å². The minimum absolute atomic E-state index is 0.229. The molecule has 0 atom stereocenters. The largest absolute Gasteiger partial charge is 0.383 e. The Morgan fingerprint density at radius 3 is 2.61 bits per heavy atom. The van der Waals surface area contributed by atoms with E-state index in [4.69, 9.17) is 15.7 Å². The van der Waals surface area contributed by atoms with Crippen molar-refractivity contribution < 1.29 is 0 Å². The zero-order chi connectivity index (χ0) is 26.1. The Morgan fingerprint density at radius 2 is 1.97 bits per heavy atom. The molecule has 1 aromatic heterocycles. The van der Waals surface area contributed by atoms with E-state index in [-0.39, 0.29) is 5.54 Å². The summed E-state index contributed by atoms with van der Waals surface area (Å²) in [6, 6.07) is 8.22. The van der Waals surface area contributed by atoms with Crippen molar-refractivity contribution in [2.45, 2.75) is 44.6 Å². The molecule has 1 saturated carbocycles. The molecule has 190 valence electrons. The van der Waals surface area contributed by atoms with E-state index < -0.39 is 0 Å². The van der Waals surface area contributed by atoms with Crippen LogP contribution in [0.5, 0.6) is 0 Å². The van der Waals surface area contributed by atoms with Crippen LogP contribution in [0.2, 0.25) is 0 Å². The Morgan fingerprint density at radius 1 is 1.22 bits per heavy atom. The van der Waals surface area contributed by atoms with Gasteiger partial charge >= 0.3 is 0 Å². The van der Waals surface area contributed by atoms with Gasteiger partial charge in [-0.05, 0) is 37.0 Å². The van der Waals surface area contributed by atoms with Gasteiger partial charge in [-0.2, -0.15) is 0 Å². The van der Waals surface area contributed by atoms with E-state index in [0.717, 1.165) is 52.1 Å². The zero-order valence-electron chi connectivity index (χ0n) is 22.2. The minimum Gasteiger partial charge on any atom is -0.383 e. The van der Waals surface area contributed by atoms with Gasteiger partial charge in [-0.3, -0.25) is 4.99 Å². The summed E-state index contributed by atoms with van der Waals surface area (Å²) >= 11 is 0. The summed E-state index contributed by atoms with van der Waals surface area (Å²) in [5.41, 5.74) is 12.3. The second-order valence-corrected chi connectivity index (χ2v) is 9.90. The molecule has 0 bridgehead atoms. The number of aliphatic imine (C=N–C) groups is 1. The fourth-order valence-electron chi connectivity index (χ4n) is 4.51. The monoisotopic (exact) mass is 484 g/mol. The normalized spacial score (nSPS) is 16.1. The van der Waals surface area contributed by atoms with Crippen LogP contribution < -0.4 is 11.1 Å². The molecule has 0 amide bonds. The van der Waals surface area contributed by atoms with Crippen molar-refractivity contribution in [1.29, 1.82) is 0 Å². The third-order valence-corrected chi connectivity index (χ3v) is 6.30. The second kappa shape index (κ2) is 12.5. The Kier molecular flexibility index (Phi) is 9.37. The highest BCUT2D eigenvalue weighted by Gasteiger charge is 2.27. The van der Waals surface area contributed by atoms with Gasteiger partial charge in [-0.25, -0.2) is 9.97 Å². The summed E-state index contributed by atoms with van der Waals surface area (Å²) in [4.78, 5) is 16.0. The summed E-state index contributed by atoms with van der Waals surface area (Å²) in [6.45, 7) is 10.7. The number of rotatable bonds is 10. The molecule has 36 heavy (non-hydrogen) atoms. The molecule has 2 aromatic rings. The van der Waals surface area contributed by atoms with E-state index in [1.165, 1.54) is 19.3 Å². The zero-order valence-corrected chi connectivity index (χ0v) is 22.2. The van der Waals surface area contributed by atoms with Crippen molar-refractivity contribution in [3.8, 4) is 11.4 Å². The molecule has 1 aromatic carbocycles. The Hall–Kier alpha value is -3.51. The summed E-state index contributed by atoms with van der Waals surface area (Å²) in [7, 11) is 5.76. The lowest BCUT2D eigenvalue weighted by atomic mass is 9.82. The van der Waals surface area contributed by atoms with Gasteiger partial charge in [-0.15, -0.1) is 0 Å². The smallest absolute Gasteiger partial charge is 0.161 e. The summed E-state index contributed by atoms with van der Waals surface area (Å²) in [6.07, 6.45) is 15.2. The molecule has 0 aliphatic heterocycles. The number of anilines is 1. The number of nitrogens with zero attached hydrogens (tertiary/aromatic N) is 4. The fraction of sp³-hybridized carbons (Fsp3) is 0.367. The van der Waals surface area contributed by atoms with E-state index in [1.54, 1.807) is 7.05 Å². The predicted octanol–water partition coefficient (Wildman–Crippen LogP) is 5.97. The molecule has 3 rings (SSSR count). The molecule has 0 radical (unpaired) electrons. The Labute approximate surface area is 216 Å². The van der Waals surface area contributed by atoms with Crippen LogP contribution in [0.15, 0.2) is 72.5 Å². The molecule has 0 spiro atoms. The van der Waals surface area contributed by atoms with Crippen molar-refractivity contribution in [3.05, 3.63) is 78.7 Å². The number of benzene rings is 1. The maximum Gasteiger partial charge on any atom is 0.161 e. The van der Waals surface area contributed by atoms with Gasteiger partial charge in [-0.1, -0.05) is 68.3 Å². The van der Waals surface area contributed by atoms with E-state index in [9.17, 15) is 0 Å². The van der Waals surface area contributed by atoms with Crippen molar-refractivity contribution in [1.82, 2.24) is 14.9 Å². The Balaban J connectivity index is 2.05. The first kappa shape index (κ1) is 27.1. The van der Waals surface area contributed by atoms with Crippen molar-refractivity contribution in [3.63, 3.8) is 0 Å². The molecule has 1 aliphatic rings. The molecule has 3 N–H and O–H groups in total. The van der Waals surface area contributed by atoms with Gasteiger partial charge in [0, 0.05) is 68.5 Å². The van der Waals surface area contributed by atoms with E-state index in [1.807, 2.05) is 68.8 Å². The first-order chi connectivity index (χ1) is 17.2. The summed E-state index contributed by atoms with van der Waals surface area (Å²) < 4.78 is 0. The van der Waals surface area contributed by atoms with Crippen LogP contribution in [0.4, 0.5) is 5.82 Å². The second-order valence-electron chi connectivity index (χ2n) is 9.90. The van der Waals surface area contributed by atoms with E-state index in [2.05, 4.69) is 35.6 Å². The van der Waals surface area contributed by atoms with Crippen molar-refractivity contribution >= 4 is 23.2 Å². The topological polar surface area (TPSA) is 79.4 Å². The average molecular weight is 485 g/mol. The molecule has 6 nitrogen and oxygen atoms in total. The summed E-state index contributed by atoms with van der Waals surface area (Å²) in [5.74, 6) is 1.40. The molecular formula is C30H40N6. The maximum absolute atomic E-state index is 6.75. The van der Waals surface area contributed by atoms with Crippen molar-refractivity contribution in [2.24, 2.45) is 10.7 Å². The predicted molar refractivity (Wildman–Crippen MR) is 155 cm³/mol. The third-order valence-electron chi connectivity index (χ3n) is 6.30. The highest BCUT2D eigenvalue weighted by atomic mass is 15.1. The Bertz CT molecular complexity index is 1170. The highest BCUT2D eigenvalue weighted by molar-refractivity contribution is 6.12. The lowest BCUT2D eigenvalue weighted by Crippen LogP contribution is -2.47. The SMILES string of the molecule is C=C/C(=C\N(C)C)c1cccc(-c2ncc(/C(C=NC)=C/C(=C)C)c(NCC3(N)CCCCC3)n2)c1. The minimum atomic E-state index is -0.229. The van der Waals surface area contributed by atoms with Crippen LogP contribution in [0.3, 0.4) is 0 Å². The van der Waals surface area contributed by atoms with Gasteiger partial charge in [0.15, 0.2) is 5.82 Å². The van der Waals surface area contributed by atoms with Gasteiger partial charge in [0.05, 0.1) is 0 Å². The fourth-order valence-corrected chi connectivity index (χ4v) is 4.51. The highest BCUT2D eigenvalue weighted by Crippen LogP contribution is 2.30. The molecule has 0 saturated heterocycles. The molecule has 1 heterocycles. The van der Waals surface area contributed by atoms with Gasteiger partial charge in [0.25, 0.3) is 0 Å². The first-order valence-corrected chi connectivity index (χ1v) is 12.6. The van der Waals surface area contributed by atoms with Crippen LogP contribution in [-0.4, -0.2) is 54.3 Å². The number of nitrogens with one attached hydrogen (secondary N) is 1. The van der Waals surface area contributed by atoms with Crippen molar-refractivity contribution in [2.75, 3.05) is 33.0 Å². The van der Waals surface area contributed by atoms with Crippen LogP contribution >= 0.6 is 0 Å². The number of nitrogens with two attached hydrogens (primary N) is 1. The first-order valence-electron chi connectivity index (χ1n) is 12.6. The number of allylic oxidation sites excluding steroid dienone is 5. The van der Waals surface area contributed by atoms with Gasteiger partial charge < -0.3 is 16.0 Å². The molecule has 0 unspecified atom stereocenters. The van der Waals surface area contributed by atoms with E-state index in [0.29, 0.717) is 12.4 Å². The standard InChI is InChI=1S/C30H40N6/c1-7-23(20-36(5)6)24-12-11-13-25(17-24)28-33-19-27(26(18-32-4)16-22(2)3)29(35-28)34-21-30(31)14-9-8-10-15-30/h7,11-13,16-20H,1-2,8-10,14-15,21,31H2,3-6H3,(H,33,34,35)/b23-20+,26-16+,32-18?. The van der Waals surface area contributed by atoms with E-state index >= 15 is 0 Å². The van der Waals surface area contributed by atoms with Gasteiger partial charge in [0.2, 0.25) is 0 Å². The number of aromatic nitrogens is 2. The maximum atomic E-state index is 6.75. The number of hydrogen-bond acceptors (Lipinski definition) is 6. The quantitative estimate of drug-likeness (QED) is 0.321. The number of hydrogen-bond donors (Lipinski definition) is 2. The average Bonchev–Trinajstić information content (AvgIpc) is 2.86. The van der Waals surface area contributed by atoms with Crippen LogP contribution in [-0.2, 0) is 0 Å². The summed E-state index contributed by atoms with van der Waals surface area (Å²) in [5, 5.41) is 3.58. The lowest BCUT2D eigenvalue weighted by molar-refractivity contribution is 0.311. The van der Waals surface area contributed by atoms with Crippen LogP contribution in [0.1, 0.15) is 50.2 Å². The third kappa shape index (κ3) is 7.25. The molecule has 1 fully saturated rings. The molecule has 1 aliphatic carbocycles. The molecular weight excluding hydrogens is 444 g/mol.